The van der Waals surface area contributed by atoms with Crippen LogP contribution in [0.2, 0.25) is 0 Å². The first kappa shape index (κ1) is 10.2. The highest BCUT2D eigenvalue weighted by molar-refractivity contribution is 14.1. The molecule has 1 aromatic carbocycles. The molecule has 0 radical (unpaired) electrons. The standard InChI is InChI=1S/C9H8BrIN2O/c1-14-7-3-5(11)2-6-9(7)13-8(4-10)12-6/h2-3H,4H2,1H3,(H,12,13). The summed E-state index contributed by atoms with van der Waals surface area (Å²) in [6, 6.07) is 4.03. The number of methoxy groups -OCH3 is 1. The summed E-state index contributed by atoms with van der Waals surface area (Å²) in [7, 11) is 1.66. The normalized spacial score (nSPS) is 10.8. The summed E-state index contributed by atoms with van der Waals surface area (Å²) in [4.78, 5) is 7.63. The zero-order valence-electron chi connectivity index (χ0n) is 7.47. The summed E-state index contributed by atoms with van der Waals surface area (Å²) >= 11 is 5.62. The predicted molar refractivity (Wildman–Crippen MR) is 68.0 cm³/mol. The third-order valence-corrected chi connectivity index (χ3v) is 3.07. The Balaban J connectivity index is 2.71. The largest absolute Gasteiger partial charge is 0.494 e. The second kappa shape index (κ2) is 4.06. The van der Waals surface area contributed by atoms with E-state index in [4.69, 9.17) is 4.74 Å². The number of hydrogen-bond donors (Lipinski definition) is 1. The fraction of sp³-hybridized carbons (Fsp3) is 0.222. The van der Waals surface area contributed by atoms with Crippen molar-refractivity contribution in [2.45, 2.75) is 5.33 Å². The van der Waals surface area contributed by atoms with Crippen LogP contribution in [0.4, 0.5) is 0 Å². The number of ether oxygens (including phenoxy) is 1. The molecule has 74 valence electrons. The van der Waals surface area contributed by atoms with E-state index in [9.17, 15) is 0 Å². The fourth-order valence-corrected chi connectivity index (χ4v) is 2.18. The van der Waals surface area contributed by atoms with Gasteiger partial charge in [-0.15, -0.1) is 0 Å². The van der Waals surface area contributed by atoms with Crippen LogP contribution in [0.15, 0.2) is 12.1 Å². The number of aromatic nitrogens is 2. The first-order valence-electron chi connectivity index (χ1n) is 4.02. The lowest BCUT2D eigenvalue weighted by atomic mass is 10.3. The Morgan fingerprint density at radius 1 is 1.57 bits per heavy atom. The topological polar surface area (TPSA) is 37.9 Å². The molecule has 0 spiro atoms. The Labute approximate surface area is 104 Å². The van der Waals surface area contributed by atoms with Gasteiger partial charge in [0.15, 0.2) is 0 Å². The van der Waals surface area contributed by atoms with E-state index in [1.165, 1.54) is 0 Å². The molecule has 0 fully saturated rings. The van der Waals surface area contributed by atoms with Crippen LogP contribution in [0, 0.1) is 3.57 Å². The summed E-state index contributed by atoms with van der Waals surface area (Å²) in [6.45, 7) is 0. The number of aromatic amines is 1. The van der Waals surface area contributed by atoms with Gasteiger partial charge in [0, 0.05) is 3.57 Å². The van der Waals surface area contributed by atoms with E-state index in [0.717, 1.165) is 31.5 Å². The number of rotatable bonds is 2. The van der Waals surface area contributed by atoms with E-state index < -0.39 is 0 Å². The Kier molecular flexibility index (Phi) is 2.96. The molecule has 0 aliphatic rings. The van der Waals surface area contributed by atoms with Gasteiger partial charge in [-0.25, -0.2) is 4.98 Å². The molecule has 1 N–H and O–H groups in total. The van der Waals surface area contributed by atoms with Gasteiger partial charge in [0.25, 0.3) is 0 Å². The van der Waals surface area contributed by atoms with E-state index in [0.29, 0.717) is 0 Å². The summed E-state index contributed by atoms with van der Waals surface area (Å²) in [6.07, 6.45) is 0. The molecule has 14 heavy (non-hydrogen) atoms. The number of alkyl halides is 1. The van der Waals surface area contributed by atoms with Crippen LogP contribution in [-0.4, -0.2) is 17.1 Å². The maximum absolute atomic E-state index is 5.26. The van der Waals surface area contributed by atoms with Crippen LogP contribution in [0.25, 0.3) is 11.0 Å². The number of nitrogens with zero attached hydrogens (tertiary/aromatic N) is 1. The number of imidazole rings is 1. The second-order valence-corrected chi connectivity index (χ2v) is 4.63. The molecule has 0 bridgehead atoms. The van der Waals surface area contributed by atoms with Gasteiger partial charge in [0.2, 0.25) is 0 Å². The van der Waals surface area contributed by atoms with Crippen molar-refractivity contribution >= 4 is 49.6 Å². The van der Waals surface area contributed by atoms with Crippen LogP contribution in [0.3, 0.4) is 0 Å². The highest BCUT2D eigenvalue weighted by atomic mass is 127. The average molecular weight is 367 g/mol. The van der Waals surface area contributed by atoms with Crippen molar-refractivity contribution in [3.05, 3.63) is 21.5 Å². The minimum absolute atomic E-state index is 0.724. The van der Waals surface area contributed by atoms with E-state index in [-0.39, 0.29) is 0 Å². The van der Waals surface area contributed by atoms with Gasteiger partial charge in [-0.2, -0.15) is 0 Å². The highest BCUT2D eigenvalue weighted by Gasteiger charge is 2.08. The Hall–Kier alpha value is -0.300. The fourth-order valence-electron chi connectivity index (χ4n) is 1.32. The van der Waals surface area contributed by atoms with E-state index in [1.807, 2.05) is 6.07 Å². The van der Waals surface area contributed by atoms with Crippen molar-refractivity contribution in [2.24, 2.45) is 0 Å². The molecule has 5 heteroatoms. The van der Waals surface area contributed by atoms with Crippen molar-refractivity contribution in [3.63, 3.8) is 0 Å². The van der Waals surface area contributed by atoms with Gasteiger partial charge < -0.3 is 9.72 Å². The molecule has 0 amide bonds. The maximum Gasteiger partial charge on any atom is 0.147 e. The van der Waals surface area contributed by atoms with Crippen molar-refractivity contribution in [3.8, 4) is 5.75 Å². The van der Waals surface area contributed by atoms with E-state index in [2.05, 4.69) is 54.6 Å². The third kappa shape index (κ3) is 1.75. The van der Waals surface area contributed by atoms with Crippen LogP contribution < -0.4 is 4.74 Å². The van der Waals surface area contributed by atoms with Crippen LogP contribution in [0.1, 0.15) is 5.82 Å². The predicted octanol–water partition coefficient (Wildman–Crippen LogP) is 3.07. The second-order valence-electron chi connectivity index (χ2n) is 2.82. The molecule has 2 rings (SSSR count). The molecule has 0 aliphatic heterocycles. The number of benzene rings is 1. The summed E-state index contributed by atoms with van der Waals surface area (Å²) < 4.78 is 6.40. The van der Waals surface area contributed by atoms with Gasteiger partial charge in [-0.3, -0.25) is 0 Å². The van der Waals surface area contributed by atoms with Gasteiger partial charge >= 0.3 is 0 Å². The third-order valence-electron chi connectivity index (χ3n) is 1.91. The van der Waals surface area contributed by atoms with Crippen molar-refractivity contribution in [1.82, 2.24) is 9.97 Å². The first-order chi connectivity index (χ1) is 6.74. The molecule has 0 atom stereocenters. The molecule has 1 heterocycles. The lowest BCUT2D eigenvalue weighted by Gasteiger charge is -2.00. The van der Waals surface area contributed by atoms with Crippen molar-refractivity contribution in [1.29, 1.82) is 0 Å². The number of H-pyrrole nitrogens is 1. The molecule has 3 nitrogen and oxygen atoms in total. The smallest absolute Gasteiger partial charge is 0.147 e. The molecule has 0 aliphatic carbocycles. The van der Waals surface area contributed by atoms with Crippen LogP contribution >= 0.6 is 38.5 Å². The van der Waals surface area contributed by atoms with Crippen molar-refractivity contribution < 1.29 is 4.74 Å². The van der Waals surface area contributed by atoms with Gasteiger partial charge in [-0.1, -0.05) is 15.9 Å². The Morgan fingerprint density at radius 3 is 3.00 bits per heavy atom. The number of halogens is 2. The molecule has 0 unspecified atom stereocenters. The van der Waals surface area contributed by atoms with Gasteiger partial charge in [0.1, 0.15) is 17.1 Å². The lowest BCUT2D eigenvalue weighted by Crippen LogP contribution is -1.85. The summed E-state index contributed by atoms with van der Waals surface area (Å²) in [5.74, 6) is 1.73. The van der Waals surface area contributed by atoms with Gasteiger partial charge in [0.05, 0.1) is 18.0 Å². The molecular weight excluding hydrogens is 359 g/mol. The first-order valence-corrected chi connectivity index (χ1v) is 6.22. The summed E-state index contributed by atoms with van der Waals surface area (Å²) in [5, 5.41) is 0.724. The van der Waals surface area contributed by atoms with E-state index in [1.54, 1.807) is 7.11 Å². The quantitative estimate of drug-likeness (QED) is 0.655. The van der Waals surface area contributed by atoms with Gasteiger partial charge in [-0.05, 0) is 34.7 Å². The Morgan fingerprint density at radius 2 is 2.36 bits per heavy atom. The summed E-state index contributed by atoms with van der Waals surface area (Å²) in [5.41, 5.74) is 1.91. The van der Waals surface area contributed by atoms with E-state index >= 15 is 0 Å². The van der Waals surface area contributed by atoms with Crippen LogP contribution in [0.5, 0.6) is 5.75 Å². The van der Waals surface area contributed by atoms with Crippen molar-refractivity contribution in [2.75, 3.05) is 7.11 Å². The highest BCUT2D eigenvalue weighted by Crippen LogP contribution is 2.26. The zero-order valence-corrected chi connectivity index (χ0v) is 11.2. The number of fused-ring (bicyclic) bond motifs is 1. The zero-order chi connectivity index (χ0) is 10.1. The van der Waals surface area contributed by atoms with Crippen LogP contribution in [-0.2, 0) is 5.33 Å². The molecule has 0 saturated carbocycles. The molecule has 2 aromatic rings. The number of nitrogens with one attached hydrogen (secondary N) is 1. The Bertz CT molecular complexity index is 469. The molecule has 1 aromatic heterocycles. The minimum Gasteiger partial charge on any atom is -0.494 e. The average Bonchev–Trinajstić information content (AvgIpc) is 2.59. The lowest BCUT2D eigenvalue weighted by molar-refractivity contribution is 0.418. The monoisotopic (exact) mass is 366 g/mol. The SMILES string of the molecule is COc1cc(I)cc2[nH]c(CBr)nc12. The maximum atomic E-state index is 5.26. The number of hydrogen-bond acceptors (Lipinski definition) is 2. The molecular formula is C9H8BrIN2O. The molecule has 0 saturated heterocycles. The minimum atomic E-state index is 0.724.